The molecule has 2 aromatic heterocycles. The van der Waals surface area contributed by atoms with Crippen LogP contribution in [0.25, 0.3) is 26.9 Å². The molecule has 180 valence electrons. The minimum Gasteiger partial charge on any atom is -0.294 e. The Hall–Kier alpha value is -3.94. The van der Waals surface area contributed by atoms with Gasteiger partial charge in [0.1, 0.15) is 12.1 Å². The average Bonchev–Trinajstić information content (AvgIpc) is 3.15. The van der Waals surface area contributed by atoms with Crippen molar-refractivity contribution in [2.24, 2.45) is 0 Å². The number of benzene rings is 1. The number of carbonyl (C=O) groups is 2. The van der Waals surface area contributed by atoms with Gasteiger partial charge in [-0.05, 0) is 29.8 Å². The third kappa shape index (κ3) is 5.11. The minimum atomic E-state index is -4.57. The summed E-state index contributed by atoms with van der Waals surface area (Å²) in [7, 11) is 0. The fourth-order valence-corrected chi connectivity index (χ4v) is 3.97. The molecule has 1 aliphatic rings. The number of amides is 1. The zero-order valence-electron chi connectivity index (χ0n) is 18.0. The van der Waals surface area contributed by atoms with E-state index >= 15 is 0 Å². The number of aromatic nitrogens is 2. The average molecular weight is 488 g/mol. The van der Waals surface area contributed by atoms with Crippen LogP contribution in [0.2, 0.25) is 0 Å². The molecule has 11 heteroatoms. The number of hydrogen-bond donors (Lipinski definition) is 0. The number of halogens is 5. The third-order valence-corrected chi connectivity index (χ3v) is 5.71. The number of nitrogens with zero attached hydrogens (tertiary/aromatic N) is 4. The Kier molecular flexibility index (Phi) is 6.23. The van der Waals surface area contributed by atoms with Gasteiger partial charge in [0.25, 0.3) is 5.92 Å². The van der Waals surface area contributed by atoms with Crippen LogP contribution >= 0.6 is 0 Å². The normalized spacial score (nSPS) is 17.4. The second-order valence-electron chi connectivity index (χ2n) is 8.13. The van der Waals surface area contributed by atoms with Crippen molar-refractivity contribution in [3.05, 3.63) is 71.5 Å². The Morgan fingerprint density at radius 2 is 1.83 bits per heavy atom. The zero-order chi connectivity index (χ0) is 25.4. The van der Waals surface area contributed by atoms with Crippen molar-refractivity contribution < 1.29 is 31.5 Å². The molecule has 1 amide bonds. The molecule has 1 aliphatic heterocycles. The van der Waals surface area contributed by atoms with E-state index < -0.39 is 48.6 Å². The molecule has 3 aromatic rings. The summed E-state index contributed by atoms with van der Waals surface area (Å²) in [5.74, 6) is -4.27. The van der Waals surface area contributed by atoms with Gasteiger partial charge in [0.05, 0.1) is 12.1 Å². The molecule has 4 rings (SSSR count). The van der Waals surface area contributed by atoms with E-state index in [1.165, 1.54) is 18.3 Å². The lowest BCUT2D eigenvalue weighted by Gasteiger charge is -2.16. The number of Topliss-reactive ketones (excluding diaryl/α,β-unsaturated/α-hetero) is 1. The highest BCUT2D eigenvalue weighted by atomic mass is 19.4. The second-order valence-corrected chi connectivity index (χ2v) is 8.13. The number of pyridine rings is 2. The molecule has 0 radical (unpaired) electrons. The molecular formula is C24H17F5N4O2. The van der Waals surface area contributed by atoms with Crippen LogP contribution in [0.1, 0.15) is 35.3 Å². The lowest BCUT2D eigenvalue weighted by molar-refractivity contribution is -0.141. The van der Waals surface area contributed by atoms with Gasteiger partial charge in [0, 0.05) is 41.7 Å². The molecule has 0 saturated carbocycles. The molecule has 1 aromatic carbocycles. The molecule has 1 atom stereocenters. The van der Waals surface area contributed by atoms with Gasteiger partial charge in [0.15, 0.2) is 5.78 Å². The Morgan fingerprint density at radius 3 is 2.49 bits per heavy atom. The van der Waals surface area contributed by atoms with Crippen molar-refractivity contribution in [3.63, 3.8) is 0 Å². The molecule has 1 fully saturated rings. The Bertz CT molecular complexity index is 1330. The summed E-state index contributed by atoms with van der Waals surface area (Å²) in [6, 6.07) is 8.42. The maximum atomic E-state index is 13.6. The van der Waals surface area contributed by atoms with Gasteiger partial charge in [-0.2, -0.15) is 13.2 Å². The Balaban J connectivity index is 1.55. The second kappa shape index (κ2) is 9.02. The standard InChI is InChI=1S/C24H17F5N4O2/c1-30-21-11-23(25,26)13-33(21)22(35)7-5-19(34)16-8-9-31-18-4-2-14(10-17(16)18)15-3-6-20(32-12-15)24(27,28)29/h2-4,6,8-10,12,21H,5,7,11,13H2/t21-/m0/s1. The molecular weight excluding hydrogens is 471 g/mol. The molecule has 3 heterocycles. The number of ketones is 1. The molecule has 0 N–H and O–H groups in total. The maximum Gasteiger partial charge on any atom is 0.433 e. The predicted molar refractivity (Wildman–Crippen MR) is 115 cm³/mol. The predicted octanol–water partition coefficient (Wildman–Crippen LogP) is 5.39. The van der Waals surface area contributed by atoms with Crippen LogP contribution in [-0.4, -0.2) is 45.2 Å². The SMILES string of the molecule is [C-]#[N+][C@@H]1CC(F)(F)CN1C(=O)CCC(=O)c1ccnc2ccc(-c3ccc(C(F)(F)F)nc3)cc12. The number of hydrogen-bond acceptors (Lipinski definition) is 4. The van der Waals surface area contributed by atoms with E-state index in [0.29, 0.717) is 22.0 Å². The molecule has 35 heavy (non-hydrogen) atoms. The lowest BCUT2D eigenvalue weighted by Crippen LogP contribution is -2.35. The van der Waals surface area contributed by atoms with Gasteiger partial charge in [0.2, 0.25) is 5.91 Å². The maximum absolute atomic E-state index is 13.6. The van der Waals surface area contributed by atoms with E-state index in [-0.39, 0.29) is 18.4 Å². The van der Waals surface area contributed by atoms with Crippen LogP contribution in [0.3, 0.4) is 0 Å². The van der Waals surface area contributed by atoms with Crippen LogP contribution in [0.5, 0.6) is 0 Å². The smallest absolute Gasteiger partial charge is 0.294 e. The largest absolute Gasteiger partial charge is 0.433 e. The van der Waals surface area contributed by atoms with Gasteiger partial charge in [-0.25, -0.2) is 15.4 Å². The van der Waals surface area contributed by atoms with Crippen molar-refractivity contribution in [2.45, 2.75) is 37.5 Å². The number of carbonyl (C=O) groups excluding carboxylic acids is 2. The number of alkyl halides is 5. The zero-order valence-corrected chi connectivity index (χ0v) is 18.0. The van der Waals surface area contributed by atoms with Gasteiger partial charge in [-0.1, -0.05) is 12.1 Å². The molecule has 0 spiro atoms. The third-order valence-electron chi connectivity index (χ3n) is 5.71. The first-order valence-electron chi connectivity index (χ1n) is 10.5. The van der Waals surface area contributed by atoms with Crippen molar-refractivity contribution in [1.29, 1.82) is 0 Å². The fourth-order valence-electron chi connectivity index (χ4n) is 3.97. The van der Waals surface area contributed by atoms with Crippen molar-refractivity contribution >= 4 is 22.6 Å². The van der Waals surface area contributed by atoms with E-state index in [0.717, 1.165) is 17.2 Å². The van der Waals surface area contributed by atoms with Crippen LogP contribution in [0, 0.1) is 6.57 Å². The highest BCUT2D eigenvalue weighted by Crippen LogP contribution is 2.34. The molecule has 1 saturated heterocycles. The Labute approximate surface area is 196 Å². The molecule has 0 unspecified atom stereocenters. The van der Waals surface area contributed by atoms with Crippen LogP contribution in [-0.2, 0) is 11.0 Å². The van der Waals surface area contributed by atoms with Crippen LogP contribution in [0.4, 0.5) is 22.0 Å². The summed E-state index contributed by atoms with van der Waals surface area (Å²) in [5, 5.41) is 0.425. The number of fused-ring (bicyclic) bond motifs is 1. The van der Waals surface area contributed by atoms with Gasteiger partial charge in [-0.15, -0.1) is 0 Å². The lowest BCUT2D eigenvalue weighted by atomic mass is 9.98. The van der Waals surface area contributed by atoms with Crippen molar-refractivity contribution in [2.75, 3.05) is 6.54 Å². The van der Waals surface area contributed by atoms with E-state index in [4.69, 9.17) is 6.57 Å². The van der Waals surface area contributed by atoms with E-state index in [1.807, 2.05) is 0 Å². The van der Waals surface area contributed by atoms with Gasteiger partial charge < -0.3 is 0 Å². The van der Waals surface area contributed by atoms with E-state index in [2.05, 4.69) is 14.8 Å². The van der Waals surface area contributed by atoms with Crippen LogP contribution < -0.4 is 0 Å². The summed E-state index contributed by atoms with van der Waals surface area (Å²) in [4.78, 5) is 36.9. The van der Waals surface area contributed by atoms with E-state index in [1.54, 1.807) is 18.2 Å². The monoisotopic (exact) mass is 488 g/mol. The summed E-state index contributed by atoms with van der Waals surface area (Å²) in [6.07, 6.45) is -4.67. The summed E-state index contributed by atoms with van der Waals surface area (Å²) >= 11 is 0. The quantitative estimate of drug-likeness (QED) is 0.274. The summed E-state index contributed by atoms with van der Waals surface area (Å²) < 4.78 is 65.6. The number of rotatable bonds is 5. The minimum absolute atomic E-state index is 0.234. The summed E-state index contributed by atoms with van der Waals surface area (Å²) in [5.41, 5.74) is 0.574. The highest BCUT2D eigenvalue weighted by molar-refractivity contribution is 6.08. The fraction of sp³-hybridized carbons (Fsp3) is 0.292. The first-order valence-corrected chi connectivity index (χ1v) is 10.5. The molecule has 0 bridgehead atoms. The van der Waals surface area contributed by atoms with E-state index in [9.17, 15) is 31.5 Å². The van der Waals surface area contributed by atoms with Crippen LogP contribution in [0.15, 0.2) is 48.8 Å². The van der Waals surface area contributed by atoms with Crippen molar-refractivity contribution in [3.8, 4) is 11.1 Å². The Morgan fingerprint density at radius 1 is 1.09 bits per heavy atom. The van der Waals surface area contributed by atoms with Gasteiger partial charge in [-0.3, -0.25) is 29.3 Å². The first-order chi connectivity index (χ1) is 16.5. The van der Waals surface area contributed by atoms with Gasteiger partial charge >= 0.3 is 12.3 Å². The summed E-state index contributed by atoms with van der Waals surface area (Å²) in [6.45, 7) is 6.19. The van der Waals surface area contributed by atoms with Crippen molar-refractivity contribution in [1.82, 2.24) is 14.9 Å². The highest BCUT2D eigenvalue weighted by Gasteiger charge is 2.50. The molecule has 6 nitrogen and oxygen atoms in total. The number of likely N-dealkylation sites (tertiary alicyclic amines) is 1. The first kappa shape index (κ1) is 24.2. The molecule has 0 aliphatic carbocycles. The topological polar surface area (TPSA) is 67.5 Å².